The van der Waals surface area contributed by atoms with Gasteiger partial charge in [0.1, 0.15) is 10.3 Å². The van der Waals surface area contributed by atoms with E-state index in [0.717, 1.165) is 0 Å². The largest absolute Gasteiger partial charge is 0.393 e. The maximum atomic E-state index is 4.75. The molecule has 0 aromatic carbocycles. The summed E-state index contributed by atoms with van der Waals surface area (Å²) in [6.07, 6.45) is 0.200. The summed E-state index contributed by atoms with van der Waals surface area (Å²) >= 11 is 2.00. The first-order chi connectivity index (χ1) is 3.27. The van der Waals surface area contributed by atoms with Crippen LogP contribution in [-0.4, -0.2) is 10.3 Å². The van der Waals surface area contributed by atoms with Crippen LogP contribution in [0.25, 0.3) is 0 Å². The number of oxime groups is 1. The van der Waals surface area contributed by atoms with E-state index in [1.807, 2.05) is 36.4 Å². The summed E-state index contributed by atoms with van der Waals surface area (Å²) in [5.41, 5.74) is 0. The van der Waals surface area contributed by atoms with Crippen LogP contribution in [-0.2, 0) is 4.84 Å². The molecule has 0 aromatic rings. The normalized spacial score (nSPS) is 10.9. The molecule has 0 aliphatic heterocycles. The first-order valence-electron chi connectivity index (χ1n) is 2.05. The number of hydrogen-bond donors (Lipinski definition) is 0. The van der Waals surface area contributed by atoms with E-state index >= 15 is 0 Å². The van der Waals surface area contributed by atoms with Gasteiger partial charge >= 0.3 is 0 Å². The molecule has 0 amide bonds. The number of nitrogens with zero attached hydrogens (tertiary/aromatic N) is 1. The predicted molar refractivity (Wildman–Crippen MR) is 38.7 cm³/mol. The minimum Gasteiger partial charge on any atom is -0.393 e. The zero-order valence-electron chi connectivity index (χ0n) is 4.39. The molecule has 0 heterocycles. The van der Waals surface area contributed by atoms with Crippen molar-refractivity contribution >= 4 is 26.8 Å². The second kappa shape index (κ2) is 4.36. The monoisotopic (exact) mass is 213 g/mol. The molecule has 0 saturated heterocycles. The van der Waals surface area contributed by atoms with Crippen molar-refractivity contribution in [2.24, 2.45) is 5.16 Å². The Morgan fingerprint density at radius 2 is 2.29 bits per heavy atom. The molecule has 0 aliphatic carbocycles. The van der Waals surface area contributed by atoms with Crippen molar-refractivity contribution in [2.75, 3.05) is 0 Å². The maximum absolute atomic E-state index is 4.75. The zero-order chi connectivity index (χ0) is 5.70. The van der Waals surface area contributed by atoms with Gasteiger partial charge in [-0.05, 0) is 36.4 Å². The lowest BCUT2D eigenvalue weighted by molar-refractivity contribution is 0.0881. The summed E-state index contributed by atoms with van der Waals surface area (Å²) in [4.78, 5) is 4.75. The third-order valence-electron chi connectivity index (χ3n) is 0.312. The Hall–Kier alpha value is 0.200. The fourth-order valence-corrected chi connectivity index (χ4v) is 0.276. The van der Waals surface area contributed by atoms with E-state index in [9.17, 15) is 0 Å². The van der Waals surface area contributed by atoms with Gasteiger partial charge < -0.3 is 4.84 Å². The lowest BCUT2D eigenvalue weighted by Crippen LogP contribution is -1.94. The van der Waals surface area contributed by atoms with Gasteiger partial charge in [0.2, 0.25) is 0 Å². The first-order valence-corrected chi connectivity index (χ1v) is 3.30. The molecule has 0 unspecified atom stereocenters. The summed E-state index contributed by atoms with van der Waals surface area (Å²) < 4.78 is 1.60. The highest BCUT2D eigenvalue weighted by atomic mass is 127. The molecule has 0 radical (unpaired) electrons. The van der Waals surface area contributed by atoms with Crippen LogP contribution in [0.3, 0.4) is 0 Å². The maximum Gasteiger partial charge on any atom is 0.122 e. The van der Waals surface area contributed by atoms with Crippen molar-refractivity contribution in [1.29, 1.82) is 0 Å². The molecule has 0 aliphatic rings. The van der Waals surface area contributed by atoms with Gasteiger partial charge in [-0.1, -0.05) is 5.16 Å². The molecule has 0 saturated carbocycles. The van der Waals surface area contributed by atoms with Crippen molar-refractivity contribution in [1.82, 2.24) is 0 Å². The summed E-state index contributed by atoms with van der Waals surface area (Å²) in [6, 6.07) is 0. The molecule has 3 heteroatoms. The number of halogens is 1. The quantitative estimate of drug-likeness (QED) is 0.389. The molecule has 0 fully saturated rings. The molecule has 0 rings (SSSR count). The summed E-state index contributed by atoms with van der Waals surface area (Å²) in [5, 5.41) is 3.53. The van der Waals surface area contributed by atoms with Crippen molar-refractivity contribution in [3.05, 3.63) is 0 Å². The van der Waals surface area contributed by atoms with Gasteiger partial charge in [0, 0.05) is 0 Å². The van der Waals surface area contributed by atoms with E-state index in [4.69, 9.17) is 4.84 Å². The van der Waals surface area contributed by atoms with Crippen LogP contribution in [0, 0.1) is 0 Å². The van der Waals surface area contributed by atoms with E-state index in [0.29, 0.717) is 0 Å². The third-order valence-corrected chi connectivity index (χ3v) is 0.539. The van der Waals surface area contributed by atoms with Crippen LogP contribution in [0.15, 0.2) is 5.16 Å². The van der Waals surface area contributed by atoms with Crippen molar-refractivity contribution < 1.29 is 4.84 Å². The first kappa shape index (κ1) is 7.20. The standard InChI is InChI=1S/C4H8INO/c1-4(2)7-6-3-5/h3-4H,1-2H3/b6-3+. The average Bonchev–Trinajstić information content (AvgIpc) is 1.61. The highest BCUT2D eigenvalue weighted by molar-refractivity contribution is 14.1. The molecule has 0 N–H and O–H groups in total. The second-order valence-corrected chi connectivity index (χ2v) is 1.91. The minimum absolute atomic E-state index is 0.200. The molecule has 0 aromatic heterocycles. The Kier molecular flexibility index (Phi) is 4.49. The van der Waals surface area contributed by atoms with Gasteiger partial charge in [-0.2, -0.15) is 0 Å². The van der Waals surface area contributed by atoms with Crippen LogP contribution >= 0.6 is 22.6 Å². The topological polar surface area (TPSA) is 21.6 Å². The van der Waals surface area contributed by atoms with E-state index in [1.54, 1.807) is 4.22 Å². The molecule has 42 valence electrons. The minimum atomic E-state index is 0.200. The van der Waals surface area contributed by atoms with Crippen molar-refractivity contribution in [2.45, 2.75) is 20.0 Å². The van der Waals surface area contributed by atoms with Gasteiger partial charge in [0.25, 0.3) is 0 Å². The summed E-state index contributed by atoms with van der Waals surface area (Å²) in [7, 11) is 0. The zero-order valence-corrected chi connectivity index (χ0v) is 6.55. The molecule has 2 nitrogen and oxygen atoms in total. The molecule has 0 bridgehead atoms. The van der Waals surface area contributed by atoms with Crippen LogP contribution < -0.4 is 0 Å². The van der Waals surface area contributed by atoms with E-state index in [2.05, 4.69) is 5.16 Å². The van der Waals surface area contributed by atoms with Crippen LogP contribution in [0.4, 0.5) is 0 Å². The fourth-order valence-electron chi connectivity index (χ4n) is 0.145. The lowest BCUT2D eigenvalue weighted by Gasteiger charge is -1.97. The van der Waals surface area contributed by atoms with Gasteiger partial charge in [0.05, 0.1) is 0 Å². The third kappa shape index (κ3) is 6.20. The Morgan fingerprint density at radius 1 is 1.71 bits per heavy atom. The van der Waals surface area contributed by atoms with E-state index in [1.165, 1.54) is 0 Å². The second-order valence-electron chi connectivity index (χ2n) is 1.36. The Balaban J connectivity index is 2.97. The van der Waals surface area contributed by atoms with Crippen LogP contribution in [0.1, 0.15) is 13.8 Å². The summed E-state index contributed by atoms with van der Waals surface area (Å²) in [5.74, 6) is 0. The van der Waals surface area contributed by atoms with Gasteiger partial charge in [0.15, 0.2) is 0 Å². The SMILES string of the molecule is CC(C)O/N=C/I. The number of rotatable bonds is 2. The van der Waals surface area contributed by atoms with Crippen molar-refractivity contribution in [3.63, 3.8) is 0 Å². The van der Waals surface area contributed by atoms with E-state index < -0.39 is 0 Å². The molecular formula is C4H8INO. The highest BCUT2D eigenvalue weighted by Gasteiger charge is 1.84. The fraction of sp³-hybridized carbons (Fsp3) is 0.750. The van der Waals surface area contributed by atoms with Crippen molar-refractivity contribution in [3.8, 4) is 0 Å². The van der Waals surface area contributed by atoms with Gasteiger partial charge in [-0.15, -0.1) is 0 Å². The predicted octanol–water partition coefficient (Wildman–Crippen LogP) is 1.79. The average molecular weight is 213 g/mol. The van der Waals surface area contributed by atoms with Crippen LogP contribution in [0.5, 0.6) is 0 Å². The highest BCUT2D eigenvalue weighted by Crippen LogP contribution is 1.86. The Labute approximate surface area is 57.1 Å². The molecule has 0 atom stereocenters. The summed E-state index contributed by atoms with van der Waals surface area (Å²) in [6.45, 7) is 3.87. The van der Waals surface area contributed by atoms with E-state index in [-0.39, 0.29) is 6.10 Å². The molecule has 0 spiro atoms. The number of hydrogen-bond acceptors (Lipinski definition) is 2. The van der Waals surface area contributed by atoms with Gasteiger partial charge in [-0.3, -0.25) is 0 Å². The van der Waals surface area contributed by atoms with Crippen LogP contribution in [0.2, 0.25) is 0 Å². The smallest absolute Gasteiger partial charge is 0.122 e. The molecule has 7 heavy (non-hydrogen) atoms. The van der Waals surface area contributed by atoms with Gasteiger partial charge in [-0.25, -0.2) is 0 Å². The Morgan fingerprint density at radius 3 is 2.43 bits per heavy atom. The Bertz CT molecular complexity index is 62.7. The lowest BCUT2D eigenvalue weighted by atomic mass is 10.5. The molecular weight excluding hydrogens is 205 g/mol.